The molecule has 0 amide bonds. The molecule has 0 N–H and O–H groups in total. The highest BCUT2D eigenvalue weighted by molar-refractivity contribution is 8.11. The number of hydrogen-bond acceptors (Lipinski definition) is 1. The van der Waals surface area contributed by atoms with Gasteiger partial charge in [-0.2, -0.15) is 21.4 Å². The van der Waals surface area contributed by atoms with Crippen molar-refractivity contribution in [1.29, 1.82) is 0 Å². The van der Waals surface area contributed by atoms with Crippen LogP contribution in [-0.2, 0) is 9.91 Å². The first-order valence-electron chi connectivity index (χ1n) is 3.88. The number of hydrogen-bond donors (Lipinski definition) is 0. The zero-order valence-electron chi connectivity index (χ0n) is 7.80. The van der Waals surface area contributed by atoms with Gasteiger partial charge in [-0.25, -0.2) is 4.21 Å². The second-order valence-corrected chi connectivity index (χ2v) is 5.62. The Morgan fingerprint density at radius 3 is 2.12 bits per heavy atom. The minimum atomic E-state index is -5.43. The Kier molecular flexibility index (Phi) is 4.26. The maximum Gasteiger partial charge on any atom is 0.355 e. The summed E-state index contributed by atoms with van der Waals surface area (Å²) in [5, 5.41) is -5.78. The van der Waals surface area contributed by atoms with Gasteiger partial charge in [-0.15, -0.1) is 3.89 Å². The van der Waals surface area contributed by atoms with E-state index in [1.54, 1.807) is 0 Å². The predicted octanol–water partition coefficient (Wildman–Crippen LogP) is 3.78. The van der Waals surface area contributed by atoms with E-state index in [1.165, 1.54) is 0 Å². The highest BCUT2D eigenvalue weighted by Gasteiger charge is 2.24. The molecule has 0 aliphatic rings. The first-order chi connectivity index (χ1) is 7.78. The monoisotopic (exact) mass is 294 g/mol. The van der Waals surface area contributed by atoms with Crippen LogP contribution in [-0.4, -0.2) is 15.0 Å². The van der Waals surface area contributed by atoms with Crippen molar-refractivity contribution in [3.8, 4) is 0 Å². The summed E-state index contributed by atoms with van der Waals surface area (Å²) in [5.74, 6) is 0. The van der Waals surface area contributed by atoms with Gasteiger partial charge in [0.15, 0.2) is 0 Å². The molecular formula is C8H4F6OS2. The largest absolute Gasteiger partial charge is 0.355 e. The van der Waals surface area contributed by atoms with Crippen LogP contribution >= 0.6 is 10.9 Å². The molecule has 9 heteroatoms. The fourth-order valence-electron chi connectivity index (χ4n) is 0.981. The molecule has 0 aromatic heterocycles. The van der Waals surface area contributed by atoms with Crippen molar-refractivity contribution in [2.45, 2.75) is 9.79 Å². The lowest BCUT2D eigenvalue weighted by Gasteiger charge is -2.06. The van der Waals surface area contributed by atoms with Gasteiger partial charge in [0.2, 0.25) is 9.91 Å². The Hall–Kier alpha value is -0.960. The van der Waals surface area contributed by atoms with Gasteiger partial charge in [0.05, 0.1) is 20.7 Å². The Labute approximate surface area is 95.6 Å². The molecule has 0 bridgehead atoms. The first kappa shape index (κ1) is 14.1. The predicted molar refractivity (Wildman–Crippen MR) is 55.4 cm³/mol. The Morgan fingerprint density at radius 1 is 1.12 bits per heavy atom. The summed E-state index contributed by atoms with van der Waals surface area (Å²) < 4.78 is 85.4. The molecule has 0 heterocycles. The van der Waals surface area contributed by atoms with Crippen molar-refractivity contribution in [3.63, 3.8) is 0 Å². The van der Waals surface area contributed by atoms with Crippen LogP contribution in [0.5, 0.6) is 0 Å². The zero-order chi connectivity index (χ0) is 13.2. The fourth-order valence-corrected chi connectivity index (χ4v) is 2.88. The maximum absolute atomic E-state index is 13.2. The van der Waals surface area contributed by atoms with E-state index in [-0.39, 0.29) is 0 Å². The van der Waals surface area contributed by atoms with Crippen LogP contribution in [0.4, 0.5) is 25.3 Å². The topological polar surface area (TPSA) is 17.1 Å². The van der Waals surface area contributed by atoms with E-state index in [0.29, 0.717) is 12.1 Å². The van der Waals surface area contributed by atoms with E-state index >= 15 is 0 Å². The summed E-state index contributed by atoms with van der Waals surface area (Å²) >= 11 is 0. The number of benzene rings is 1. The Morgan fingerprint density at radius 2 is 1.65 bits per heavy atom. The average molecular weight is 294 g/mol. The lowest BCUT2D eigenvalue weighted by molar-refractivity contribution is 0.604. The molecule has 0 radical (unpaired) electrons. The van der Waals surface area contributed by atoms with Crippen LogP contribution in [0.1, 0.15) is 0 Å². The third-order valence-corrected chi connectivity index (χ3v) is 4.12. The lowest BCUT2D eigenvalue weighted by Crippen LogP contribution is -2.02. The smallest absolute Gasteiger partial charge is 0.225 e. The molecule has 17 heavy (non-hydrogen) atoms. The quantitative estimate of drug-likeness (QED) is 0.461. The van der Waals surface area contributed by atoms with Gasteiger partial charge in [-0.05, 0) is 12.1 Å². The van der Waals surface area contributed by atoms with Crippen LogP contribution < -0.4 is 0 Å². The molecule has 1 aromatic rings. The molecule has 2 unspecified atom stereocenters. The normalized spacial score (nSPS) is 16.1. The molecule has 0 aliphatic carbocycles. The van der Waals surface area contributed by atoms with Gasteiger partial charge in [0.25, 0.3) is 0 Å². The van der Waals surface area contributed by atoms with Gasteiger partial charge in [-0.3, -0.25) is 0 Å². The number of halogens is 6. The van der Waals surface area contributed by atoms with Gasteiger partial charge in [0.1, 0.15) is 0 Å². The summed E-state index contributed by atoms with van der Waals surface area (Å²) in [6.45, 7) is 0. The summed E-state index contributed by atoms with van der Waals surface area (Å²) in [6, 6.07) is 3.31. The molecule has 0 aliphatic heterocycles. The van der Waals surface area contributed by atoms with Gasteiger partial charge in [-0.1, -0.05) is 12.1 Å². The summed E-state index contributed by atoms with van der Waals surface area (Å²) in [4.78, 5) is -2.31. The standard InChI is InChI=1S/C8H4F6OS2/c9-7(10)16(13)5-3-1-2-4-6(5)17(14,15)8(11)12/h1-4H. The molecule has 0 saturated heterocycles. The fraction of sp³-hybridized carbons (Fsp3) is 0. The van der Waals surface area contributed by atoms with Crippen molar-refractivity contribution >= 4 is 31.5 Å². The highest BCUT2D eigenvalue weighted by atomic mass is 32.2. The van der Waals surface area contributed by atoms with Crippen molar-refractivity contribution < 1.29 is 29.5 Å². The van der Waals surface area contributed by atoms with Crippen molar-refractivity contribution in [1.82, 2.24) is 0 Å². The molecule has 0 spiro atoms. The van der Waals surface area contributed by atoms with E-state index in [9.17, 15) is 29.5 Å². The average Bonchev–Trinajstić information content (AvgIpc) is 2.27. The third kappa shape index (κ3) is 2.83. The second kappa shape index (κ2) is 5.13. The summed E-state index contributed by atoms with van der Waals surface area (Å²) in [5.41, 5.74) is 0. The van der Waals surface area contributed by atoms with E-state index in [2.05, 4.69) is 0 Å². The molecule has 1 aromatic carbocycles. The van der Waals surface area contributed by atoms with E-state index in [1.807, 2.05) is 0 Å². The molecule has 0 saturated carbocycles. The van der Waals surface area contributed by atoms with Crippen LogP contribution in [0.25, 0.3) is 0 Å². The third-order valence-electron chi connectivity index (χ3n) is 1.66. The maximum atomic E-state index is 13.2. The van der Waals surface area contributed by atoms with E-state index in [0.717, 1.165) is 12.1 Å². The first-order valence-corrected chi connectivity index (χ1v) is 6.46. The molecule has 2 atom stereocenters. The number of rotatable bonds is 2. The highest BCUT2D eigenvalue weighted by Crippen LogP contribution is 2.37. The van der Waals surface area contributed by atoms with Crippen LogP contribution in [0.15, 0.2) is 34.1 Å². The molecule has 0 fully saturated rings. The lowest BCUT2D eigenvalue weighted by atomic mass is 10.4. The minimum absolute atomic E-state index is 0.583. The molecule has 1 nitrogen and oxygen atoms in total. The second-order valence-electron chi connectivity index (χ2n) is 2.64. The van der Waals surface area contributed by atoms with Crippen LogP contribution in [0, 0.1) is 0 Å². The summed E-state index contributed by atoms with van der Waals surface area (Å²) in [7, 11) is -8.77. The van der Waals surface area contributed by atoms with Crippen molar-refractivity contribution in [2.24, 2.45) is 0 Å². The SMILES string of the molecule is O=S(F)(=C(F)F)c1ccccc1S(F)=C(F)F. The summed E-state index contributed by atoms with van der Waals surface area (Å²) in [6.07, 6.45) is 0. The van der Waals surface area contributed by atoms with Gasteiger partial charge >= 0.3 is 10.7 Å². The Balaban J connectivity index is 3.66. The Bertz CT molecular complexity index is 579. The van der Waals surface area contributed by atoms with Crippen LogP contribution in [0.2, 0.25) is 0 Å². The van der Waals surface area contributed by atoms with Crippen molar-refractivity contribution in [3.05, 3.63) is 24.3 Å². The van der Waals surface area contributed by atoms with Gasteiger partial charge in [0, 0.05) is 0 Å². The zero-order valence-corrected chi connectivity index (χ0v) is 9.43. The van der Waals surface area contributed by atoms with Gasteiger partial charge < -0.3 is 0 Å². The van der Waals surface area contributed by atoms with E-state index < -0.39 is 41.3 Å². The molecule has 96 valence electrons. The van der Waals surface area contributed by atoms with E-state index in [4.69, 9.17) is 0 Å². The minimum Gasteiger partial charge on any atom is -0.225 e. The van der Waals surface area contributed by atoms with Crippen molar-refractivity contribution in [2.75, 3.05) is 0 Å². The van der Waals surface area contributed by atoms with Crippen LogP contribution in [0.3, 0.4) is 0 Å². The molecule has 1 rings (SSSR count). The molecular weight excluding hydrogens is 290 g/mol.